The molecule has 0 radical (unpaired) electrons. The Hall–Kier alpha value is -2.73. The molecule has 1 unspecified atom stereocenters. The average molecular weight is 405 g/mol. The quantitative estimate of drug-likeness (QED) is 0.524. The van der Waals surface area contributed by atoms with E-state index in [1.54, 1.807) is 66.7 Å². The topological polar surface area (TPSA) is 38.1 Å². The van der Waals surface area contributed by atoms with E-state index in [1.165, 1.54) is 0 Å². The van der Waals surface area contributed by atoms with Gasteiger partial charge in [0.2, 0.25) is 0 Å². The molecule has 3 aromatic rings. The maximum Gasteiger partial charge on any atom is 0.390 e. The van der Waals surface area contributed by atoms with Crippen molar-refractivity contribution in [2.45, 2.75) is 24.4 Å². The van der Waals surface area contributed by atoms with Crippen LogP contribution in [-0.2, 0) is 5.41 Å². The van der Waals surface area contributed by atoms with Crippen LogP contribution in [0.2, 0.25) is 5.02 Å². The molecule has 0 saturated carbocycles. The van der Waals surface area contributed by atoms with E-state index in [2.05, 4.69) is 10.3 Å². The maximum absolute atomic E-state index is 13.6. The fraction of sp³-hybridized carbons (Fsp3) is 0.190. The van der Waals surface area contributed by atoms with Crippen LogP contribution in [0.1, 0.15) is 29.9 Å². The van der Waals surface area contributed by atoms with Crippen LogP contribution in [0.15, 0.2) is 65.1 Å². The summed E-state index contributed by atoms with van der Waals surface area (Å²) < 4.78 is 46.4. The third-order valence-electron chi connectivity index (χ3n) is 4.79. The summed E-state index contributed by atoms with van der Waals surface area (Å²) in [6.45, 7) is 0. The van der Waals surface area contributed by atoms with Gasteiger partial charge in [-0.15, -0.1) is 0 Å². The lowest BCUT2D eigenvalue weighted by molar-refractivity contribution is -0.145. The average Bonchev–Trinajstić information content (AvgIpc) is 3.07. The number of anilines is 2. The molecule has 0 saturated heterocycles. The first-order valence-corrected chi connectivity index (χ1v) is 9.07. The van der Waals surface area contributed by atoms with E-state index in [4.69, 9.17) is 16.0 Å². The van der Waals surface area contributed by atoms with E-state index in [9.17, 15) is 13.2 Å². The molecule has 1 N–H and O–H groups in total. The first-order valence-electron chi connectivity index (χ1n) is 8.69. The highest BCUT2D eigenvalue weighted by molar-refractivity contribution is 6.33. The highest BCUT2D eigenvalue weighted by Crippen LogP contribution is 2.48. The number of nitrogens with zero attached hydrogens (tertiary/aromatic N) is 1. The van der Waals surface area contributed by atoms with Crippen LogP contribution < -0.4 is 5.32 Å². The molecule has 7 heteroatoms. The predicted octanol–water partition coefficient (Wildman–Crippen LogP) is 6.73. The molecule has 1 aromatic heterocycles. The molecule has 0 bridgehead atoms. The molecule has 4 rings (SSSR count). The van der Waals surface area contributed by atoms with E-state index in [0.717, 1.165) is 0 Å². The number of halogens is 4. The van der Waals surface area contributed by atoms with Gasteiger partial charge in [0.25, 0.3) is 6.01 Å². The molecule has 144 valence electrons. The number of fused-ring (bicyclic) bond motifs is 1. The zero-order chi connectivity index (χ0) is 19.8. The minimum absolute atomic E-state index is 0.104. The van der Waals surface area contributed by atoms with Gasteiger partial charge in [-0.05, 0) is 30.2 Å². The second-order valence-corrected chi connectivity index (χ2v) is 7.09. The van der Waals surface area contributed by atoms with E-state index in [-0.39, 0.29) is 18.1 Å². The second-order valence-electron chi connectivity index (χ2n) is 6.68. The minimum atomic E-state index is -4.37. The van der Waals surface area contributed by atoms with Gasteiger partial charge in [-0.3, -0.25) is 0 Å². The Balaban J connectivity index is 1.80. The fourth-order valence-electron chi connectivity index (χ4n) is 3.59. The van der Waals surface area contributed by atoms with E-state index in [0.29, 0.717) is 22.0 Å². The molecule has 1 heterocycles. The summed E-state index contributed by atoms with van der Waals surface area (Å²) >= 11 is 6.15. The summed E-state index contributed by atoms with van der Waals surface area (Å²) in [5.41, 5.74) is 0.0458. The van der Waals surface area contributed by atoms with E-state index in [1.807, 2.05) is 0 Å². The Kier molecular flexibility index (Phi) is 4.67. The normalized spacial score (nSPS) is 18.7. The molecule has 0 spiro atoms. The number of alkyl halides is 3. The summed E-state index contributed by atoms with van der Waals surface area (Å²) in [7, 11) is 0. The van der Waals surface area contributed by atoms with Crippen molar-refractivity contribution in [2.24, 2.45) is 0 Å². The van der Waals surface area contributed by atoms with Crippen molar-refractivity contribution >= 4 is 29.4 Å². The van der Waals surface area contributed by atoms with E-state index < -0.39 is 18.0 Å². The van der Waals surface area contributed by atoms with Gasteiger partial charge in [-0.25, -0.2) is 0 Å². The number of rotatable bonds is 4. The Bertz CT molecular complexity index is 1010. The number of hydrogen-bond acceptors (Lipinski definition) is 3. The molecule has 3 nitrogen and oxygen atoms in total. The molecule has 1 atom stereocenters. The predicted molar refractivity (Wildman–Crippen MR) is 103 cm³/mol. The van der Waals surface area contributed by atoms with Crippen molar-refractivity contribution in [2.75, 3.05) is 5.32 Å². The van der Waals surface area contributed by atoms with Crippen LogP contribution in [0, 0.1) is 0 Å². The van der Waals surface area contributed by atoms with Gasteiger partial charge in [-0.2, -0.15) is 18.2 Å². The summed E-state index contributed by atoms with van der Waals surface area (Å²) in [4.78, 5) is 4.41. The van der Waals surface area contributed by atoms with Crippen molar-refractivity contribution in [3.63, 3.8) is 0 Å². The number of allylic oxidation sites excluding steroid dienone is 1. The number of para-hydroxylation sites is 1. The lowest BCUT2D eigenvalue weighted by atomic mass is 9.69. The van der Waals surface area contributed by atoms with Crippen LogP contribution in [-0.4, -0.2) is 11.2 Å². The van der Waals surface area contributed by atoms with Gasteiger partial charge in [-0.1, -0.05) is 60.1 Å². The Labute approximate surface area is 164 Å². The van der Waals surface area contributed by atoms with Crippen molar-refractivity contribution in [1.29, 1.82) is 0 Å². The van der Waals surface area contributed by atoms with Crippen molar-refractivity contribution < 1.29 is 17.6 Å². The molecule has 2 aromatic carbocycles. The zero-order valence-electron chi connectivity index (χ0n) is 14.6. The highest BCUT2D eigenvalue weighted by atomic mass is 35.5. The van der Waals surface area contributed by atoms with Gasteiger partial charge in [0.05, 0.1) is 28.2 Å². The highest BCUT2D eigenvalue weighted by Gasteiger charge is 2.48. The molecular formula is C21H16ClF3N2O. The first-order chi connectivity index (χ1) is 13.4. The van der Waals surface area contributed by atoms with Gasteiger partial charge in [0.1, 0.15) is 0 Å². The summed E-state index contributed by atoms with van der Waals surface area (Å²) in [6.07, 6.45) is -1.85. The molecule has 1 aliphatic carbocycles. The van der Waals surface area contributed by atoms with Crippen LogP contribution in [0.5, 0.6) is 0 Å². The Morgan fingerprint density at radius 2 is 1.79 bits per heavy atom. The fourth-order valence-corrected chi connectivity index (χ4v) is 3.78. The lowest BCUT2D eigenvalue weighted by Gasteiger charge is -2.34. The third-order valence-corrected chi connectivity index (χ3v) is 5.12. The summed E-state index contributed by atoms with van der Waals surface area (Å²) in [5, 5.41) is 3.41. The monoisotopic (exact) mass is 404 g/mol. The second kappa shape index (κ2) is 7.02. The molecule has 0 amide bonds. The lowest BCUT2D eigenvalue weighted by Crippen LogP contribution is -2.35. The van der Waals surface area contributed by atoms with Gasteiger partial charge in [0.15, 0.2) is 5.76 Å². The largest absolute Gasteiger partial charge is 0.424 e. The Morgan fingerprint density at radius 3 is 2.50 bits per heavy atom. The van der Waals surface area contributed by atoms with Crippen molar-refractivity contribution in [1.82, 2.24) is 4.98 Å². The number of oxazole rings is 1. The summed E-state index contributed by atoms with van der Waals surface area (Å²) in [5.74, 6) is 0.314. The van der Waals surface area contributed by atoms with Gasteiger partial charge in [0, 0.05) is 0 Å². The van der Waals surface area contributed by atoms with Crippen molar-refractivity contribution in [3.8, 4) is 0 Å². The smallest absolute Gasteiger partial charge is 0.390 e. The van der Waals surface area contributed by atoms with Gasteiger partial charge >= 0.3 is 6.18 Å². The standard InChI is InChI=1S/C21H16ClF3N2O/c22-15-9-4-5-10-16(15)26-19-27-18-17(28-19)11-6-12-20(18,13-21(23,24)25)14-7-2-1-3-8-14/h1-11H,12-13H2,(H,26,27). The van der Waals surface area contributed by atoms with Crippen molar-refractivity contribution in [3.05, 3.63) is 82.7 Å². The molecule has 28 heavy (non-hydrogen) atoms. The number of hydrogen-bond donors (Lipinski definition) is 1. The van der Waals surface area contributed by atoms with Crippen LogP contribution in [0.25, 0.3) is 6.08 Å². The number of nitrogens with one attached hydrogen (secondary N) is 1. The summed E-state index contributed by atoms with van der Waals surface area (Å²) in [6, 6.07) is 15.7. The molecule has 0 fully saturated rings. The van der Waals surface area contributed by atoms with Crippen LogP contribution in [0.4, 0.5) is 24.9 Å². The third kappa shape index (κ3) is 3.52. The number of benzene rings is 2. The molecule has 0 aliphatic heterocycles. The van der Waals surface area contributed by atoms with Crippen LogP contribution >= 0.6 is 11.6 Å². The molecule has 1 aliphatic rings. The Morgan fingerprint density at radius 1 is 1.07 bits per heavy atom. The van der Waals surface area contributed by atoms with E-state index >= 15 is 0 Å². The zero-order valence-corrected chi connectivity index (χ0v) is 15.4. The van der Waals surface area contributed by atoms with Gasteiger partial charge < -0.3 is 9.73 Å². The maximum atomic E-state index is 13.6. The number of aromatic nitrogens is 1. The first kappa shape index (κ1) is 18.6. The molecular weight excluding hydrogens is 389 g/mol. The van der Waals surface area contributed by atoms with Crippen LogP contribution in [0.3, 0.4) is 0 Å². The SMILES string of the molecule is FC(F)(F)CC1(c2ccccc2)CC=Cc2oc(Nc3ccccc3Cl)nc21. The minimum Gasteiger partial charge on any atom is -0.424 e.